The molecule has 0 amide bonds. The lowest BCUT2D eigenvalue weighted by atomic mass is 9.99. The second-order valence-electron chi connectivity index (χ2n) is 5.67. The molecule has 0 unspecified atom stereocenters. The highest BCUT2D eigenvalue weighted by Gasteiger charge is 2.30. The molecule has 1 saturated heterocycles. The Morgan fingerprint density at radius 1 is 1.12 bits per heavy atom. The second-order valence-corrected chi connectivity index (χ2v) is 5.67. The second kappa shape index (κ2) is 6.58. The number of likely N-dealkylation sites (N-methyl/N-ethyl adjacent to an activating group) is 1. The maximum Gasteiger partial charge on any atom is 0.0277 e. The molecule has 1 rings (SSSR count). The smallest absolute Gasteiger partial charge is 0.0277 e. The van der Waals surface area contributed by atoms with Crippen molar-refractivity contribution in [1.82, 2.24) is 15.1 Å². The third-order valence-electron chi connectivity index (χ3n) is 3.80. The molecule has 0 atom stereocenters. The minimum absolute atomic E-state index is 0.350. The molecule has 0 aliphatic carbocycles. The molecular weight excluding hydrogens is 198 g/mol. The first-order valence-corrected chi connectivity index (χ1v) is 6.64. The van der Waals surface area contributed by atoms with Crippen LogP contribution in [0.25, 0.3) is 0 Å². The molecule has 16 heavy (non-hydrogen) atoms. The van der Waals surface area contributed by atoms with Gasteiger partial charge in [-0.3, -0.25) is 4.90 Å². The highest BCUT2D eigenvalue weighted by atomic mass is 15.3. The van der Waals surface area contributed by atoms with E-state index in [2.05, 4.69) is 36.0 Å². The van der Waals surface area contributed by atoms with Crippen LogP contribution in [0.1, 0.15) is 33.1 Å². The van der Waals surface area contributed by atoms with Crippen LogP contribution >= 0.6 is 0 Å². The zero-order chi connectivity index (χ0) is 12.0. The van der Waals surface area contributed by atoms with Crippen LogP contribution in [0, 0.1) is 0 Å². The van der Waals surface area contributed by atoms with Gasteiger partial charge in [0.1, 0.15) is 0 Å². The number of rotatable bonds is 6. The number of piperazine rings is 1. The van der Waals surface area contributed by atoms with Crippen LogP contribution in [0.15, 0.2) is 0 Å². The van der Waals surface area contributed by atoms with Gasteiger partial charge < -0.3 is 10.2 Å². The van der Waals surface area contributed by atoms with Crippen LogP contribution in [0.5, 0.6) is 0 Å². The molecule has 0 bridgehead atoms. The molecule has 0 aromatic carbocycles. The maximum atomic E-state index is 3.20. The van der Waals surface area contributed by atoms with Crippen molar-refractivity contribution in [1.29, 1.82) is 0 Å². The van der Waals surface area contributed by atoms with Crippen molar-refractivity contribution in [3.05, 3.63) is 0 Å². The van der Waals surface area contributed by atoms with Crippen LogP contribution in [0.4, 0.5) is 0 Å². The zero-order valence-electron chi connectivity index (χ0n) is 11.6. The van der Waals surface area contributed by atoms with Gasteiger partial charge in [0.25, 0.3) is 0 Å². The molecule has 1 fully saturated rings. The summed E-state index contributed by atoms with van der Waals surface area (Å²) in [6, 6.07) is 0. The van der Waals surface area contributed by atoms with E-state index in [0.717, 1.165) is 6.54 Å². The Kier molecular flexibility index (Phi) is 5.73. The van der Waals surface area contributed by atoms with Crippen molar-refractivity contribution < 1.29 is 0 Å². The Balaban J connectivity index is 2.14. The standard InChI is InChI=1S/C13H29N3/c1-13(2)12-16(11-10-15(13)4)9-7-5-6-8-14-3/h14H,5-12H2,1-4H3. The van der Waals surface area contributed by atoms with E-state index in [1.807, 2.05) is 7.05 Å². The average Bonchev–Trinajstić information content (AvgIpc) is 2.23. The third-order valence-corrected chi connectivity index (χ3v) is 3.80. The summed E-state index contributed by atoms with van der Waals surface area (Å²) < 4.78 is 0. The van der Waals surface area contributed by atoms with Gasteiger partial charge in [0.15, 0.2) is 0 Å². The molecule has 0 aromatic heterocycles. The fourth-order valence-electron chi connectivity index (χ4n) is 2.35. The number of nitrogens with zero attached hydrogens (tertiary/aromatic N) is 2. The van der Waals surface area contributed by atoms with E-state index in [1.54, 1.807) is 0 Å². The average molecular weight is 227 g/mol. The van der Waals surface area contributed by atoms with Crippen molar-refractivity contribution in [3.63, 3.8) is 0 Å². The summed E-state index contributed by atoms with van der Waals surface area (Å²) in [7, 11) is 4.27. The number of hydrogen-bond donors (Lipinski definition) is 1. The van der Waals surface area contributed by atoms with Gasteiger partial charge in [0.05, 0.1) is 0 Å². The molecule has 96 valence electrons. The Labute approximate surface area is 101 Å². The van der Waals surface area contributed by atoms with Crippen LogP contribution in [-0.2, 0) is 0 Å². The molecule has 3 nitrogen and oxygen atoms in total. The lowest BCUT2D eigenvalue weighted by molar-refractivity contribution is 0.0393. The van der Waals surface area contributed by atoms with Gasteiger partial charge in [-0.1, -0.05) is 6.42 Å². The Morgan fingerprint density at radius 2 is 1.88 bits per heavy atom. The van der Waals surface area contributed by atoms with Crippen molar-refractivity contribution in [2.24, 2.45) is 0 Å². The molecule has 0 saturated carbocycles. The Bertz CT molecular complexity index is 192. The summed E-state index contributed by atoms with van der Waals surface area (Å²) >= 11 is 0. The fourth-order valence-corrected chi connectivity index (χ4v) is 2.35. The first-order chi connectivity index (χ1) is 7.56. The van der Waals surface area contributed by atoms with E-state index in [1.165, 1.54) is 45.4 Å². The van der Waals surface area contributed by atoms with Gasteiger partial charge in [-0.25, -0.2) is 0 Å². The van der Waals surface area contributed by atoms with Crippen LogP contribution < -0.4 is 5.32 Å². The summed E-state index contributed by atoms with van der Waals surface area (Å²) in [4.78, 5) is 5.10. The summed E-state index contributed by atoms with van der Waals surface area (Å²) in [6.07, 6.45) is 4.02. The normalized spacial score (nSPS) is 22.5. The predicted molar refractivity (Wildman–Crippen MR) is 70.9 cm³/mol. The maximum absolute atomic E-state index is 3.20. The van der Waals surface area contributed by atoms with Gasteiger partial charge in [0.2, 0.25) is 0 Å². The van der Waals surface area contributed by atoms with Crippen LogP contribution in [-0.4, -0.2) is 62.2 Å². The van der Waals surface area contributed by atoms with E-state index in [9.17, 15) is 0 Å². The summed E-state index contributed by atoms with van der Waals surface area (Å²) in [6.45, 7) is 10.8. The lowest BCUT2D eigenvalue weighted by Crippen LogP contribution is -2.57. The van der Waals surface area contributed by atoms with Crippen molar-refractivity contribution >= 4 is 0 Å². The molecular formula is C13H29N3. The molecule has 1 heterocycles. The van der Waals surface area contributed by atoms with E-state index < -0.39 is 0 Å². The number of hydrogen-bond acceptors (Lipinski definition) is 3. The quantitative estimate of drug-likeness (QED) is 0.692. The van der Waals surface area contributed by atoms with E-state index >= 15 is 0 Å². The predicted octanol–water partition coefficient (Wildman–Crippen LogP) is 1.40. The minimum Gasteiger partial charge on any atom is -0.320 e. The topological polar surface area (TPSA) is 18.5 Å². The van der Waals surface area contributed by atoms with Crippen molar-refractivity contribution in [2.75, 3.05) is 46.8 Å². The Morgan fingerprint density at radius 3 is 2.50 bits per heavy atom. The van der Waals surface area contributed by atoms with Crippen LogP contribution in [0.3, 0.4) is 0 Å². The summed E-state index contributed by atoms with van der Waals surface area (Å²) in [5, 5.41) is 3.20. The monoisotopic (exact) mass is 227 g/mol. The summed E-state index contributed by atoms with van der Waals surface area (Å²) in [5.74, 6) is 0. The van der Waals surface area contributed by atoms with Gasteiger partial charge in [-0.05, 0) is 53.9 Å². The van der Waals surface area contributed by atoms with Crippen LogP contribution in [0.2, 0.25) is 0 Å². The molecule has 0 spiro atoms. The SMILES string of the molecule is CNCCCCCN1CCN(C)C(C)(C)C1. The molecule has 3 heteroatoms. The molecule has 1 aliphatic heterocycles. The first-order valence-electron chi connectivity index (χ1n) is 6.64. The van der Waals surface area contributed by atoms with E-state index in [0.29, 0.717) is 5.54 Å². The first kappa shape index (κ1) is 13.9. The molecule has 1 N–H and O–H groups in total. The lowest BCUT2D eigenvalue weighted by Gasteiger charge is -2.45. The van der Waals surface area contributed by atoms with Gasteiger partial charge >= 0.3 is 0 Å². The van der Waals surface area contributed by atoms with Gasteiger partial charge in [0, 0.05) is 25.2 Å². The molecule has 0 aromatic rings. The Hall–Kier alpha value is -0.120. The van der Waals surface area contributed by atoms with Crippen molar-refractivity contribution in [3.8, 4) is 0 Å². The number of unbranched alkanes of at least 4 members (excludes halogenated alkanes) is 2. The number of nitrogens with one attached hydrogen (secondary N) is 1. The third kappa shape index (κ3) is 4.40. The van der Waals surface area contributed by atoms with Gasteiger partial charge in [-0.2, -0.15) is 0 Å². The van der Waals surface area contributed by atoms with E-state index in [-0.39, 0.29) is 0 Å². The minimum atomic E-state index is 0.350. The van der Waals surface area contributed by atoms with Crippen molar-refractivity contribution in [2.45, 2.75) is 38.6 Å². The fraction of sp³-hybridized carbons (Fsp3) is 1.00. The largest absolute Gasteiger partial charge is 0.320 e. The van der Waals surface area contributed by atoms with Gasteiger partial charge in [-0.15, -0.1) is 0 Å². The zero-order valence-corrected chi connectivity index (χ0v) is 11.6. The molecule has 1 aliphatic rings. The molecule has 0 radical (unpaired) electrons. The highest BCUT2D eigenvalue weighted by Crippen LogP contribution is 2.18. The summed E-state index contributed by atoms with van der Waals surface area (Å²) in [5.41, 5.74) is 0.350. The van der Waals surface area contributed by atoms with E-state index in [4.69, 9.17) is 0 Å². The highest BCUT2D eigenvalue weighted by molar-refractivity contribution is 4.87.